The molecule has 0 saturated heterocycles. The van der Waals surface area contributed by atoms with Crippen molar-refractivity contribution in [2.75, 3.05) is 6.61 Å². The summed E-state index contributed by atoms with van der Waals surface area (Å²) in [6.07, 6.45) is 0. The number of hydrogen-bond acceptors (Lipinski definition) is 4. The minimum atomic E-state index is -0.0875. The van der Waals surface area contributed by atoms with Crippen LogP contribution in [0.25, 0.3) is 21.7 Å². The molecule has 0 bridgehead atoms. The highest BCUT2D eigenvalue weighted by atomic mass is 32.1. The van der Waals surface area contributed by atoms with Gasteiger partial charge in [-0.1, -0.05) is 54.6 Å². The first-order valence-corrected chi connectivity index (χ1v) is 9.18. The van der Waals surface area contributed by atoms with Crippen LogP contribution in [0.4, 0.5) is 5.69 Å². The van der Waals surface area contributed by atoms with Crippen LogP contribution in [-0.2, 0) is 6.54 Å². The Morgan fingerprint density at radius 2 is 1.71 bits per heavy atom. The molecule has 0 aliphatic rings. The monoisotopic (exact) mass is 390 g/mol. The molecule has 3 aromatic carbocycles. The molecular formula is C21H18N4O2S. The third-order valence-electron chi connectivity index (χ3n) is 4.49. The SMILES string of the molecule is NC(=S)N=Nc1c(O)n(CCOc2cccc3ccccc23)c2ccccc12. The minimum absolute atomic E-state index is 0.00252. The maximum absolute atomic E-state index is 10.7. The molecule has 0 unspecified atom stereocenters. The van der Waals surface area contributed by atoms with Gasteiger partial charge in [-0.2, -0.15) is 0 Å². The van der Waals surface area contributed by atoms with Gasteiger partial charge in [0.15, 0.2) is 5.69 Å². The molecule has 1 heterocycles. The van der Waals surface area contributed by atoms with Crippen molar-refractivity contribution >= 4 is 44.7 Å². The molecule has 0 spiro atoms. The zero-order valence-electron chi connectivity index (χ0n) is 14.9. The third kappa shape index (κ3) is 3.39. The van der Waals surface area contributed by atoms with Crippen molar-refractivity contribution in [3.05, 3.63) is 66.7 Å². The summed E-state index contributed by atoms with van der Waals surface area (Å²) in [6.45, 7) is 0.824. The van der Waals surface area contributed by atoms with E-state index in [1.807, 2.05) is 66.7 Å². The summed E-state index contributed by atoms with van der Waals surface area (Å²) in [6, 6.07) is 21.6. The van der Waals surface area contributed by atoms with Gasteiger partial charge in [0.1, 0.15) is 12.4 Å². The average molecular weight is 390 g/mol. The Labute approximate surface area is 166 Å². The number of para-hydroxylation sites is 1. The third-order valence-corrected chi connectivity index (χ3v) is 4.57. The normalized spacial score (nSPS) is 11.4. The first kappa shape index (κ1) is 17.9. The van der Waals surface area contributed by atoms with Gasteiger partial charge in [-0.3, -0.25) is 0 Å². The van der Waals surface area contributed by atoms with Crippen molar-refractivity contribution in [2.45, 2.75) is 6.54 Å². The van der Waals surface area contributed by atoms with Crippen LogP contribution >= 0.6 is 12.2 Å². The number of fused-ring (bicyclic) bond motifs is 2. The van der Waals surface area contributed by atoms with Crippen LogP contribution in [-0.4, -0.2) is 21.4 Å². The van der Waals surface area contributed by atoms with Crippen LogP contribution < -0.4 is 10.5 Å². The van der Waals surface area contributed by atoms with Crippen LogP contribution in [0.2, 0.25) is 0 Å². The number of nitrogens with two attached hydrogens (primary N) is 1. The second kappa shape index (κ2) is 7.66. The van der Waals surface area contributed by atoms with Crippen LogP contribution in [0.15, 0.2) is 77.0 Å². The van der Waals surface area contributed by atoms with Crippen molar-refractivity contribution in [3.63, 3.8) is 0 Å². The molecule has 0 aliphatic carbocycles. The fraction of sp³-hybridized carbons (Fsp3) is 0.0952. The van der Waals surface area contributed by atoms with Crippen LogP contribution in [0, 0.1) is 0 Å². The molecule has 1 aromatic heterocycles. The molecule has 0 fully saturated rings. The molecule has 6 nitrogen and oxygen atoms in total. The Morgan fingerprint density at radius 3 is 2.54 bits per heavy atom. The molecule has 7 heteroatoms. The first-order chi connectivity index (χ1) is 13.6. The summed E-state index contributed by atoms with van der Waals surface area (Å²) in [4.78, 5) is 0. The summed E-state index contributed by atoms with van der Waals surface area (Å²) in [5, 5.41) is 21.2. The van der Waals surface area contributed by atoms with Gasteiger partial charge in [-0.05, 0) is 29.7 Å². The molecule has 0 amide bonds. The van der Waals surface area contributed by atoms with Crippen LogP contribution in [0.3, 0.4) is 0 Å². The van der Waals surface area contributed by atoms with Crippen LogP contribution in [0.1, 0.15) is 0 Å². The molecular weight excluding hydrogens is 372 g/mol. The van der Waals surface area contributed by atoms with E-state index < -0.39 is 0 Å². The highest BCUT2D eigenvalue weighted by molar-refractivity contribution is 7.80. The van der Waals surface area contributed by atoms with Crippen molar-refractivity contribution in [3.8, 4) is 11.6 Å². The molecule has 3 N–H and O–H groups in total. The van der Waals surface area contributed by atoms with Gasteiger partial charge in [0.2, 0.25) is 11.0 Å². The van der Waals surface area contributed by atoms with Gasteiger partial charge in [-0.25, -0.2) is 0 Å². The van der Waals surface area contributed by atoms with E-state index in [0.717, 1.165) is 27.4 Å². The predicted molar refractivity (Wildman–Crippen MR) is 114 cm³/mol. The van der Waals surface area contributed by atoms with Crippen LogP contribution in [0.5, 0.6) is 11.6 Å². The van der Waals surface area contributed by atoms with Crippen molar-refractivity contribution in [2.24, 2.45) is 16.0 Å². The van der Waals surface area contributed by atoms with Gasteiger partial charge in [-0.15, -0.1) is 10.2 Å². The lowest BCUT2D eigenvalue weighted by molar-refractivity contribution is 0.293. The lowest BCUT2D eigenvalue weighted by Crippen LogP contribution is -2.07. The van der Waals surface area contributed by atoms with E-state index in [9.17, 15) is 5.11 Å². The zero-order valence-corrected chi connectivity index (χ0v) is 15.8. The second-order valence-corrected chi connectivity index (χ2v) is 6.62. The Morgan fingerprint density at radius 1 is 1.00 bits per heavy atom. The van der Waals surface area contributed by atoms with Crippen molar-refractivity contribution in [1.82, 2.24) is 4.57 Å². The van der Waals surface area contributed by atoms with E-state index in [1.54, 1.807) is 4.57 Å². The van der Waals surface area contributed by atoms with E-state index in [-0.39, 0.29) is 11.0 Å². The van der Waals surface area contributed by atoms with E-state index in [4.69, 9.17) is 22.7 Å². The molecule has 4 aromatic rings. The molecule has 140 valence electrons. The highest BCUT2D eigenvalue weighted by Gasteiger charge is 2.16. The number of hydrogen-bond donors (Lipinski definition) is 2. The summed E-state index contributed by atoms with van der Waals surface area (Å²) >= 11 is 4.74. The number of aromatic hydroxyl groups is 1. The van der Waals surface area contributed by atoms with E-state index in [2.05, 4.69) is 10.2 Å². The smallest absolute Gasteiger partial charge is 0.220 e. The van der Waals surface area contributed by atoms with E-state index in [1.165, 1.54) is 0 Å². The zero-order chi connectivity index (χ0) is 19.5. The number of azo groups is 1. The maximum atomic E-state index is 10.7. The van der Waals surface area contributed by atoms with Gasteiger partial charge in [0, 0.05) is 10.8 Å². The van der Waals surface area contributed by atoms with Gasteiger partial charge in [0.25, 0.3) is 0 Å². The summed E-state index contributed by atoms with van der Waals surface area (Å²) in [5.74, 6) is 0.810. The number of ether oxygens (including phenoxy) is 1. The fourth-order valence-corrected chi connectivity index (χ4v) is 3.31. The standard InChI is InChI=1S/C21H18N4O2S/c22-21(28)24-23-19-16-9-3-4-10-17(16)25(20(19)26)12-13-27-18-11-5-7-14-6-1-2-8-15(14)18/h1-11,26H,12-13H2,(H2,22,28). The molecule has 0 atom stereocenters. The van der Waals surface area contributed by atoms with Gasteiger partial charge in [0.05, 0.1) is 12.1 Å². The maximum Gasteiger partial charge on any atom is 0.220 e. The molecule has 0 radical (unpaired) electrons. The topological polar surface area (TPSA) is 85.1 Å². The lowest BCUT2D eigenvalue weighted by atomic mass is 10.1. The Balaban J connectivity index is 1.61. The Bertz CT molecular complexity index is 1190. The first-order valence-electron chi connectivity index (χ1n) is 8.77. The highest BCUT2D eigenvalue weighted by Crippen LogP contribution is 2.38. The van der Waals surface area contributed by atoms with Crippen molar-refractivity contribution in [1.29, 1.82) is 0 Å². The summed E-state index contributed by atoms with van der Waals surface area (Å²) in [5.41, 5.74) is 6.57. The van der Waals surface area contributed by atoms with Crippen molar-refractivity contribution < 1.29 is 9.84 Å². The van der Waals surface area contributed by atoms with Gasteiger partial charge >= 0.3 is 0 Å². The molecule has 0 aliphatic heterocycles. The minimum Gasteiger partial charge on any atom is -0.493 e. The lowest BCUT2D eigenvalue weighted by Gasteiger charge is -2.11. The number of benzene rings is 3. The van der Waals surface area contributed by atoms with E-state index in [0.29, 0.717) is 18.8 Å². The number of rotatable bonds is 5. The molecule has 28 heavy (non-hydrogen) atoms. The molecule has 0 saturated carbocycles. The average Bonchev–Trinajstić information content (AvgIpc) is 2.98. The molecule has 4 rings (SSSR count). The summed E-state index contributed by atoms with van der Waals surface area (Å²) < 4.78 is 7.75. The number of aromatic nitrogens is 1. The summed E-state index contributed by atoms with van der Waals surface area (Å²) in [7, 11) is 0. The fourth-order valence-electron chi connectivity index (χ4n) is 3.26. The quantitative estimate of drug-likeness (QED) is 0.375. The Kier molecular flexibility index (Phi) is 4.90. The number of nitrogens with zero attached hydrogens (tertiary/aromatic N) is 3. The largest absolute Gasteiger partial charge is 0.493 e. The van der Waals surface area contributed by atoms with Gasteiger partial charge < -0.3 is 20.1 Å². The Hall–Kier alpha value is -3.45. The number of thiocarbonyl (C=S) groups is 1. The second-order valence-electron chi connectivity index (χ2n) is 6.20. The predicted octanol–water partition coefficient (Wildman–Crippen LogP) is 4.91. The van der Waals surface area contributed by atoms with E-state index >= 15 is 0 Å².